The molecule has 2 saturated heterocycles. The fraction of sp³-hybridized carbons (Fsp3) is 0.565. The third kappa shape index (κ3) is 5.26. The van der Waals surface area contributed by atoms with Crippen molar-refractivity contribution in [3.63, 3.8) is 0 Å². The van der Waals surface area contributed by atoms with Crippen LogP contribution in [-0.2, 0) is 9.59 Å². The van der Waals surface area contributed by atoms with Crippen LogP contribution in [0.4, 0.5) is 0 Å². The lowest BCUT2D eigenvalue weighted by atomic mass is 9.95. The molecule has 7 nitrogen and oxygen atoms in total. The highest BCUT2D eigenvalue weighted by Crippen LogP contribution is 2.22. The van der Waals surface area contributed by atoms with Gasteiger partial charge >= 0.3 is 0 Å². The lowest BCUT2D eigenvalue weighted by molar-refractivity contribution is -0.143. The number of benzene rings is 1. The van der Waals surface area contributed by atoms with Crippen LogP contribution in [0.15, 0.2) is 24.3 Å². The first kappa shape index (κ1) is 22.0. The molecule has 2 aliphatic heterocycles. The van der Waals surface area contributed by atoms with Crippen LogP contribution in [0, 0.1) is 5.92 Å². The molecule has 2 fully saturated rings. The van der Waals surface area contributed by atoms with Gasteiger partial charge in [0.1, 0.15) is 0 Å². The summed E-state index contributed by atoms with van der Waals surface area (Å²) >= 11 is 0. The normalized spacial score (nSPS) is 22.4. The Morgan fingerprint density at radius 1 is 1.10 bits per heavy atom. The van der Waals surface area contributed by atoms with E-state index in [-0.39, 0.29) is 35.5 Å². The summed E-state index contributed by atoms with van der Waals surface area (Å²) < 4.78 is 0. The van der Waals surface area contributed by atoms with Crippen LogP contribution >= 0.6 is 0 Å². The number of nitrogens with zero attached hydrogens (tertiary/aromatic N) is 2. The maximum Gasteiger partial charge on any atom is 0.251 e. The average Bonchev–Trinajstić information content (AvgIpc) is 2.99. The third-order valence-electron chi connectivity index (χ3n) is 6.08. The van der Waals surface area contributed by atoms with E-state index in [1.165, 1.54) is 6.92 Å². The predicted molar refractivity (Wildman–Crippen MR) is 113 cm³/mol. The summed E-state index contributed by atoms with van der Waals surface area (Å²) in [6.45, 7) is 5.68. The SMILES string of the molecule is CCN1CC(C(=O)N2CCCCC(NC(=O)c3cccc(C(C)=O)c3)C2)CCC1=O. The number of likely N-dealkylation sites (tertiary alicyclic amines) is 2. The quantitative estimate of drug-likeness (QED) is 0.750. The van der Waals surface area contributed by atoms with Crippen molar-refractivity contribution in [1.82, 2.24) is 15.1 Å². The Bertz CT molecular complexity index is 822. The molecule has 0 aliphatic carbocycles. The number of Topliss-reactive ketones (excluding diaryl/α,β-unsaturated/α-hetero) is 1. The minimum absolute atomic E-state index is 0.0806. The molecule has 2 unspecified atom stereocenters. The molecule has 0 bridgehead atoms. The second-order valence-corrected chi connectivity index (χ2v) is 8.26. The number of nitrogens with one attached hydrogen (secondary N) is 1. The van der Waals surface area contributed by atoms with Gasteiger partial charge in [0.2, 0.25) is 11.8 Å². The Morgan fingerprint density at radius 3 is 2.60 bits per heavy atom. The summed E-state index contributed by atoms with van der Waals surface area (Å²) in [5.74, 6) is -0.263. The first-order valence-corrected chi connectivity index (χ1v) is 10.9. The smallest absolute Gasteiger partial charge is 0.251 e. The first-order valence-electron chi connectivity index (χ1n) is 10.9. The van der Waals surface area contributed by atoms with E-state index in [4.69, 9.17) is 0 Å². The van der Waals surface area contributed by atoms with Crippen LogP contribution in [0.2, 0.25) is 0 Å². The van der Waals surface area contributed by atoms with Gasteiger partial charge in [-0.05, 0) is 51.7 Å². The summed E-state index contributed by atoms with van der Waals surface area (Å²) in [6.07, 6.45) is 3.67. The van der Waals surface area contributed by atoms with Crippen molar-refractivity contribution < 1.29 is 19.2 Å². The zero-order valence-electron chi connectivity index (χ0n) is 17.9. The van der Waals surface area contributed by atoms with Crippen molar-refractivity contribution in [2.45, 2.75) is 52.0 Å². The second-order valence-electron chi connectivity index (χ2n) is 8.26. The maximum absolute atomic E-state index is 13.1. The highest BCUT2D eigenvalue weighted by atomic mass is 16.2. The molecule has 0 aromatic heterocycles. The molecule has 2 atom stereocenters. The Morgan fingerprint density at radius 2 is 1.87 bits per heavy atom. The van der Waals surface area contributed by atoms with Crippen LogP contribution in [0.25, 0.3) is 0 Å². The van der Waals surface area contributed by atoms with Crippen LogP contribution in [0.5, 0.6) is 0 Å². The molecule has 2 heterocycles. The van der Waals surface area contributed by atoms with E-state index in [0.29, 0.717) is 50.1 Å². The standard InChI is InChI=1S/C23H31N3O4/c1-3-25-14-19(10-11-21(25)28)23(30)26-12-5-4-9-20(15-26)24-22(29)18-8-6-7-17(13-18)16(2)27/h6-8,13,19-20H,3-5,9-12,14-15H2,1-2H3,(H,24,29). The molecular formula is C23H31N3O4. The van der Waals surface area contributed by atoms with Crippen molar-refractivity contribution in [3.05, 3.63) is 35.4 Å². The summed E-state index contributed by atoms with van der Waals surface area (Å²) in [4.78, 5) is 53.0. The number of rotatable bonds is 5. The number of hydrogen-bond donors (Lipinski definition) is 1. The molecule has 3 rings (SSSR count). The fourth-order valence-electron chi connectivity index (χ4n) is 4.29. The minimum Gasteiger partial charge on any atom is -0.348 e. The first-order chi connectivity index (χ1) is 14.4. The van der Waals surface area contributed by atoms with Gasteiger partial charge in [-0.3, -0.25) is 19.2 Å². The second kappa shape index (κ2) is 9.87. The topological polar surface area (TPSA) is 86.8 Å². The van der Waals surface area contributed by atoms with E-state index in [0.717, 1.165) is 19.3 Å². The molecular weight excluding hydrogens is 382 g/mol. The Kier molecular flexibility index (Phi) is 7.24. The number of hydrogen-bond acceptors (Lipinski definition) is 4. The zero-order valence-corrected chi connectivity index (χ0v) is 17.9. The molecule has 0 spiro atoms. The van der Waals surface area contributed by atoms with Crippen molar-refractivity contribution in [2.75, 3.05) is 26.2 Å². The fourth-order valence-corrected chi connectivity index (χ4v) is 4.29. The van der Waals surface area contributed by atoms with E-state index in [1.54, 1.807) is 29.2 Å². The summed E-state index contributed by atoms with van der Waals surface area (Å²) in [5.41, 5.74) is 0.960. The number of amides is 3. The summed E-state index contributed by atoms with van der Waals surface area (Å²) in [6, 6.07) is 6.57. The van der Waals surface area contributed by atoms with Gasteiger partial charge in [0.25, 0.3) is 5.91 Å². The van der Waals surface area contributed by atoms with Gasteiger partial charge in [0.05, 0.1) is 5.92 Å². The lowest BCUT2D eigenvalue weighted by Crippen LogP contribution is -2.50. The van der Waals surface area contributed by atoms with E-state index < -0.39 is 0 Å². The van der Waals surface area contributed by atoms with Crippen LogP contribution < -0.4 is 5.32 Å². The molecule has 1 N–H and O–H groups in total. The molecule has 3 amide bonds. The molecule has 0 radical (unpaired) electrons. The van der Waals surface area contributed by atoms with E-state index in [1.807, 2.05) is 11.8 Å². The van der Waals surface area contributed by atoms with Crippen LogP contribution in [-0.4, -0.2) is 65.5 Å². The summed E-state index contributed by atoms with van der Waals surface area (Å²) in [5, 5.41) is 3.05. The molecule has 0 saturated carbocycles. The van der Waals surface area contributed by atoms with Crippen LogP contribution in [0.3, 0.4) is 0 Å². The average molecular weight is 414 g/mol. The predicted octanol–water partition coefficient (Wildman–Crippen LogP) is 2.26. The van der Waals surface area contributed by atoms with Crippen molar-refractivity contribution >= 4 is 23.5 Å². The van der Waals surface area contributed by atoms with Crippen molar-refractivity contribution in [1.29, 1.82) is 0 Å². The minimum atomic E-state index is -0.224. The number of carbonyl (C=O) groups is 4. The monoisotopic (exact) mass is 413 g/mol. The van der Waals surface area contributed by atoms with E-state index in [9.17, 15) is 19.2 Å². The Labute approximate surface area is 177 Å². The van der Waals surface area contributed by atoms with Gasteiger partial charge in [-0.2, -0.15) is 0 Å². The van der Waals surface area contributed by atoms with Gasteiger partial charge in [0, 0.05) is 49.8 Å². The highest BCUT2D eigenvalue weighted by Gasteiger charge is 2.33. The Hall–Kier alpha value is -2.70. The van der Waals surface area contributed by atoms with Gasteiger partial charge in [-0.1, -0.05) is 12.1 Å². The molecule has 2 aliphatic rings. The zero-order chi connectivity index (χ0) is 21.7. The largest absolute Gasteiger partial charge is 0.348 e. The van der Waals surface area contributed by atoms with Crippen molar-refractivity contribution in [2.24, 2.45) is 5.92 Å². The third-order valence-corrected chi connectivity index (χ3v) is 6.08. The summed E-state index contributed by atoms with van der Waals surface area (Å²) in [7, 11) is 0. The Balaban J connectivity index is 1.64. The van der Waals surface area contributed by atoms with E-state index >= 15 is 0 Å². The molecule has 162 valence electrons. The van der Waals surface area contributed by atoms with Gasteiger partial charge in [-0.15, -0.1) is 0 Å². The molecule has 30 heavy (non-hydrogen) atoms. The molecule has 1 aromatic rings. The number of carbonyl (C=O) groups excluding carboxylic acids is 4. The van der Waals surface area contributed by atoms with Crippen LogP contribution in [0.1, 0.15) is 66.7 Å². The highest BCUT2D eigenvalue weighted by molar-refractivity contribution is 5.99. The number of piperidine rings is 1. The lowest BCUT2D eigenvalue weighted by Gasteiger charge is -2.35. The number of ketones is 1. The molecule has 7 heteroatoms. The van der Waals surface area contributed by atoms with Gasteiger partial charge in [0.15, 0.2) is 5.78 Å². The maximum atomic E-state index is 13.1. The van der Waals surface area contributed by atoms with E-state index in [2.05, 4.69) is 5.32 Å². The molecule has 1 aromatic carbocycles. The van der Waals surface area contributed by atoms with Crippen molar-refractivity contribution in [3.8, 4) is 0 Å². The van der Waals surface area contributed by atoms with Gasteiger partial charge in [-0.25, -0.2) is 0 Å². The van der Waals surface area contributed by atoms with Gasteiger partial charge < -0.3 is 15.1 Å².